The minimum atomic E-state index is -1.73. The Kier molecular flexibility index (Phi) is 6.10. The zero-order valence-electron chi connectivity index (χ0n) is 20.1. The molecule has 5 rings (SSSR count). The second kappa shape index (κ2) is 9.38. The molecule has 2 aromatic heterocycles. The zero-order chi connectivity index (χ0) is 25.4. The number of carbonyl (C=O) groups is 2. The molecule has 8 nitrogen and oxygen atoms in total. The van der Waals surface area contributed by atoms with Crippen molar-refractivity contribution in [3.63, 3.8) is 0 Å². The van der Waals surface area contributed by atoms with E-state index in [9.17, 15) is 9.59 Å². The third-order valence-electron chi connectivity index (χ3n) is 6.61. The Balaban J connectivity index is 1.66. The molecule has 2 bridgehead atoms. The maximum absolute atomic E-state index is 16.3. The standard InChI is InChI=1S/C27H25FN6O2/c1-3-22-20-8-4-17-6-9-23(29)32-26(17)24(28)21-14-18(25(20)31-15-30-22)5-7-19(21)27(36)34-12-10-33(11-13-34)16(2)35/h5-7,9,14-15,24H,3,10-13H2,1-2H3,(H2,29,32). The Bertz CT molecular complexity index is 1440. The van der Waals surface area contributed by atoms with Gasteiger partial charge in [-0.1, -0.05) is 24.8 Å². The number of aromatic nitrogens is 3. The summed E-state index contributed by atoms with van der Waals surface area (Å²) in [4.78, 5) is 41.7. The van der Waals surface area contributed by atoms with Crippen molar-refractivity contribution in [1.29, 1.82) is 0 Å². The van der Waals surface area contributed by atoms with Gasteiger partial charge >= 0.3 is 0 Å². The molecule has 1 atom stereocenters. The van der Waals surface area contributed by atoms with Crippen LogP contribution in [0.5, 0.6) is 0 Å². The molecule has 1 aliphatic carbocycles. The van der Waals surface area contributed by atoms with Crippen LogP contribution in [0.3, 0.4) is 0 Å². The van der Waals surface area contributed by atoms with Gasteiger partial charge in [0.2, 0.25) is 5.91 Å². The topological polar surface area (TPSA) is 105 Å². The summed E-state index contributed by atoms with van der Waals surface area (Å²) in [5.41, 5.74) is 9.42. The lowest BCUT2D eigenvalue weighted by atomic mass is 9.92. The van der Waals surface area contributed by atoms with E-state index in [0.717, 1.165) is 5.69 Å². The van der Waals surface area contributed by atoms with Crippen molar-refractivity contribution in [1.82, 2.24) is 24.8 Å². The van der Waals surface area contributed by atoms with E-state index in [-0.39, 0.29) is 34.5 Å². The molecular formula is C27H25FN6O2. The Morgan fingerprint density at radius 2 is 1.83 bits per heavy atom. The molecule has 9 heteroatoms. The third kappa shape index (κ3) is 4.15. The van der Waals surface area contributed by atoms with Crippen molar-refractivity contribution >= 4 is 17.6 Å². The number of fused-ring (bicyclic) bond motifs is 5. The first-order chi connectivity index (χ1) is 17.4. The van der Waals surface area contributed by atoms with Gasteiger partial charge in [-0.05, 0) is 30.7 Å². The van der Waals surface area contributed by atoms with Crippen LogP contribution in [0, 0.1) is 11.8 Å². The minimum Gasteiger partial charge on any atom is -0.384 e. The van der Waals surface area contributed by atoms with Gasteiger partial charge in [-0.2, -0.15) is 0 Å². The van der Waals surface area contributed by atoms with Crippen LogP contribution in [0.25, 0.3) is 11.3 Å². The number of piperazine rings is 1. The molecule has 36 heavy (non-hydrogen) atoms. The number of nitrogens with zero attached hydrogens (tertiary/aromatic N) is 5. The van der Waals surface area contributed by atoms with Gasteiger partial charge in [0.25, 0.3) is 5.91 Å². The summed E-state index contributed by atoms with van der Waals surface area (Å²) in [5.74, 6) is 6.01. The normalized spacial score (nSPS) is 16.4. The molecule has 0 saturated carbocycles. The van der Waals surface area contributed by atoms with Crippen molar-refractivity contribution in [2.45, 2.75) is 26.4 Å². The molecule has 182 valence electrons. The van der Waals surface area contributed by atoms with Crippen molar-refractivity contribution in [2.24, 2.45) is 0 Å². The number of amides is 2. The second-order valence-corrected chi connectivity index (χ2v) is 8.78. The molecule has 1 aromatic carbocycles. The number of pyridine rings is 1. The number of carbonyl (C=O) groups excluding carboxylic acids is 2. The highest BCUT2D eigenvalue weighted by molar-refractivity contribution is 5.97. The first-order valence-corrected chi connectivity index (χ1v) is 11.8. The van der Waals surface area contributed by atoms with Gasteiger partial charge in [-0.15, -0.1) is 0 Å². The van der Waals surface area contributed by atoms with E-state index in [2.05, 4.69) is 26.8 Å². The predicted molar refractivity (Wildman–Crippen MR) is 133 cm³/mol. The maximum atomic E-state index is 16.3. The number of anilines is 1. The average molecular weight is 485 g/mol. The number of nitrogens with two attached hydrogens (primary N) is 1. The van der Waals surface area contributed by atoms with E-state index >= 15 is 4.39 Å². The van der Waals surface area contributed by atoms with Crippen LogP contribution in [0.1, 0.15) is 58.5 Å². The summed E-state index contributed by atoms with van der Waals surface area (Å²) in [5, 5.41) is 0. The third-order valence-corrected chi connectivity index (χ3v) is 6.61. The van der Waals surface area contributed by atoms with Crippen molar-refractivity contribution < 1.29 is 14.0 Å². The van der Waals surface area contributed by atoms with Crippen LogP contribution in [-0.2, 0) is 11.2 Å². The van der Waals surface area contributed by atoms with Crippen LogP contribution in [-0.4, -0.2) is 62.7 Å². The Morgan fingerprint density at radius 3 is 2.56 bits per heavy atom. The van der Waals surface area contributed by atoms with E-state index in [1.807, 2.05) is 6.92 Å². The summed E-state index contributed by atoms with van der Waals surface area (Å²) in [6.45, 7) is 5.12. The highest BCUT2D eigenvalue weighted by atomic mass is 19.1. The molecular weight excluding hydrogens is 459 g/mol. The van der Waals surface area contributed by atoms with Crippen LogP contribution < -0.4 is 5.73 Å². The first kappa shape index (κ1) is 23.4. The van der Waals surface area contributed by atoms with Gasteiger partial charge in [0.1, 0.15) is 12.1 Å². The number of hydrogen-bond acceptors (Lipinski definition) is 6. The van der Waals surface area contributed by atoms with Crippen LogP contribution in [0.2, 0.25) is 0 Å². The summed E-state index contributed by atoms with van der Waals surface area (Å²) < 4.78 is 16.3. The summed E-state index contributed by atoms with van der Waals surface area (Å²) >= 11 is 0. The fourth-order valence-corrected chi connectivity index (χ4v) is 4.62. The van der Waals surface area contributed by atoms with E-state index < -0.39 is 6.17 Å². The SMILES string of the molecule is CCc1ncnc2c1C#Cc1ccc(N)nc1C(F)c1cc-2ccc1C(=O)N1CCN(C(C)=O)CC1. The molecule has 0 spiro atoms. The van der Waals surface area contributed by atoms with Crippen LogP contribution in [0.15, 0.2) is 36.7 Å². The highest BCUT2D eigenvalue weighted by Gasteiger charge is 2.30. The van der Waals surface area contributed by atoms with Crippen molar-refractivity contribution in [3.8, 4) is 23.1 Å². The number of aryl methyl sites for hydroxylation is 1. The molecule has 1 saturated heterocycles. The van der Waals surface area contributed by atoms with Gasteiger partial charge in [0.05, 0.1) is 22.6 Å². The monoisotopic (exact) mass is 484 g/mol. The second-order valence-electron chi connectivity index (χ2n) is 8.78. The fraction of sp³-hybridized carbons (Fsp3) is 0.296. The van der Waals surface area contributed by atoms with E-state index in [1.165, 1.54) is 13.3 Å². The molecule has 1 fully saturated rings. The van der Waals surface area contributed by atoms with E-state index in [4.69, 9.17) is 5.73 Å². The molecule has 3 aromatic rings. The predicted octanol–water partition coefficient (Wildman–Crippen LogP) is 2.76. The molecule has 1 aliphatic heterocycles. The fourth-order valence-electron chi connectivity index (χ4n) is 4.62. The van der Waals surface area contributed by atoms with Gasteiger partial charge in [-0.3, -0.25) is 9.59 Å². The Morgan fingerprint density at radius 1 is 1.08 bits per heavy atom. The van der Waals surface area contributed by atoms with Gasteiger partial charge < -0.3 is 15.5 Å². The van der Waals surface area contributed by atoms with Gasteiger partial charge in [0.15, 0.2) is 6.17 Å². The number of rotatable bonds is 2. The highest BCUT2D eigenvalue weighted by Crippen LogP contribution is 2.35. The van der Waals surface area contributed by atoms with Crippen LogP contribution >= 0.6 is 0 Å². The van der Waals surface area contributed by atoms with E-state index in [1.54, 1.807) is 40.1 Å². The minimum absolute atomic E-state index is 0.0288. The van der Waals surface area contributed by atoms with Crippen LogP contribution in [0.4, 0.5) is 10.2 Å². The number of alkyl halides is 1. The molecule has 0 radical (unpaired) electrons. The zero-order valence-corrected chi connectivity index (χ0v) is 20.1. The lowest BCUT2D eigenvalue weighted by molar-refractivity contribution is -0.130. The molecule has 1 unspecified atom stereocenters. The lowest BCUT2D eigenvalue weighted by Gasteiger charge is -2.34. The molecule has 2 amide bonds. The summed E-state index contributed by atoms with van der Waals surface area (Å²) in [7, 11) is 0. The largest absolute Gasteiger partial charge is 0.384 e. The smallest absolute Gasteiger partial charge is 0.254 e. The van der Waals surface area contributed by atoms with Gasteiger partial charge in [-0.25, -0.2) is 19.3 Å². The molecule has 2 aliphatic rings. The van der Waals surface area contributed by atoms with Crippen molar-refractivity contribution in [2.75, 3.05) is 31.9 Å². The Hall–Kier alpha value is -4.32. The average Bonchev–Trinajstić information content (AvgIpc) is 2.90. The summed E-state index contributed by atoms with van der Waals surface area (Å²) in [6.07, 6.45) is 0.388. The summed E-state index contributed by atoms with van der Waals surface area (Å²) in [6, 6.07) is 8.26. The van der Waals surface area contributed by atoms with E-state index in [0.29, 0.717) is 55.0 Å². The number of nitrogen functional groups attached to an aromatic ring is 1. The number of halogens is 1. The van der Waals surface area contributed by atoms with Crippen molar-refractivity contribution in [3.05, 3.63) is 70.3 Å². The van der Waals surface area contributed by atoms with Gasteiger partial charge in [0, 0.05) is 55.4 Å². The maximum Gasteiger partial charge on any atom is 0.254 e. The molecule has 3 heterocycles. The Labute approximate surface area is 208 Å². The molecule has 2 N–H and O–H groups in total. The first-order valence-electron chi connectivity index (χ1n) is 11.8. The number of hydrogen-bond donors (Lipinski definition) is 1. The lowest BCUT2D eigenvalue weighted by Crippen LogP contribution is -2.50. The quantitative estimate of drug-likeness (QED) is 0.561. The number of benzene rings is 1.